The molecule has 2 aliphatic heterocycles. The van der Waals surface area contributed by atoms with Crippen molar-refractivity contribution in [3.05, 3.63) is 28.2 Å². The maximum atomic E-state index is 11.8. The number of benzene rings is 1. The van der Waals surface area contributed by atoms with Crippen LogP contribution < -0.4 is 4.74 Å². The number of piperidine rings is 1. The summed E-state index contributed by atoms with van der Waals surface area (Å²) in [5.41, 5.74) is 1.33. The van der Waals surface area contributed by atoms with Crippen molar-refractivity contribution in [2.45, 2.75) is 45.6 Å². The molecule has 2 heterocycles. The minimum Gasteiger partial charge on any atom is -0.494 e. The van der Waals surface area contributed by atoms with Crippen LogP contribution in [0.25, 0.3) is 0 Å². The van der Waals surface area contributed by atoms with E-state index in [9.17, 15) is 4.79 Å². The maximum absolute atomic E-state index is 11.8. The lowest BCUT2D eigenvalue weighted by Gasteiger charge is -2.33. The first-order valence-corrected chi connectivity index (χ1v) is 11.0. The van der Waals surface area contributed by atoms with E-state index in [4.69, 9.17) is 9.47 Å². The van der Waals surface area contributed by atoms with Crippen molar-refractivity contribution >= 4 is 22.0 Å². The second-order valence-electron chi connectivity index (χ2n) is 7.59. The fourth-order valence-electron chi connectivity index (χ4n) is 4.06. The topological polar surface area (TPSA) is 42.0 Å². The monoisotopic (exact) mass is 438 g/mol. The van der Waals surface area contributed by atoms with Gasteiger partial charge in [-0.1, -0.05) is 22.9 Å². The van der Waals surface area contributed by atoms with Crippen molar-refractivity contribution in [3.63, 3.8) is 0 Å². The highest BCUT2D eigenvalue weighted by Gasteiger charge is 2.32. The zero-order chi connectivity index (χ0) is 19.2. The summed E-state index contributed by atoms with van der Waals surface area (Å²) in [5.74, 6) is 1.64. The van der Waals surface area contributed by atoms with E-state index in [2.05, 4.69) is 39.9 Å². The van der Waals surface area contributed by atoms with Crippen LogP contribution in [0.2, 0.25) is 0 Å². The Balaban J connectivity index is 1.46. The molecule has 5 nitrogen and oxygen atoms in total. The highest BCUT2D eigenvalue weighted by Crippen LogP contribution is 2.29. The lowest BCUT2D eigenvalue weighted by molar-refractivity contribution is 0.0904. The summed E-state index contributed by atoms with van der Waals surface area (Å²) in [6.45, 7) is 9.36. The number of hydrogen-bond donors (Lipinski definition) is 0. The minimum absolute atomic E-state index is 0.0256. The number of nitrogens with zero attached hydrogens (tertiary/aromatic N) is 2. The van der Waals surface area contributed by atoms with Crippen LogP contribution in [-0.4, -0.2) is 61.3 Å². The molecule has 2 saturated heterocycles. The van der Waals surface area contributed by atoms with Crippen molar-refractivity contribution in [3.8, 4) is 5.75 Å². The van der Waals surface area contributed by atoms with Crippen LogP contribution in [0, 0.1) is 5.92 Å². The summed E-state index contributed by atoms with van der Waals surface area (Å²) < 4.78 is 12.3. The van der Waals surface area contributed by atoms with Gasteiger partial charge in [0.05, 0.1) is 13.2 Å². The number of carbonyl (C=O) groups is 1. The van der Waals surface area contributed by atoms with Gasteiger partial charge in [-0.2, -0.15) is 0 Å². The molecule has 0 radical (unpaired) electrons. The molecule has 1 aromatic carbocycles. The molecular weight excluding hydrogens is 408 g/mol. The number of hydrogen-bond acceptors (Lipinski definition) is 4. The number of rotatable bonds is 8. The lowest BCUT2D eigenvalue weighted by atomic mass is 9.90. The van der Waals surface area contributed by atoms with Crippen LogP contribution in [0.3, 0.4) is 0 Å². The Morgan fingerprint density at radius 3 is 2.74 bits per heavy atom. The van der Waals surface area contributed by atoms with Gasteiger partial charge < -0.3 is 14.4 Å². The summed E-state index contributed by atoms with van der Waals surface area (Å²) in [4.78, 5) is 16.1. The molecule has 0 aliphatic carbocycles. The minimum atomic E-state index is -0.143. The predicted molar refractivity (Wildman–Crippen MR) is 110 cm³/mol. The van der Waals surface area contributed by atoms with E-state index < -0.39 is 0 Å². The smallest absolute Gasteiger partial charge is 0.410 e. The molecule has 3 rings (SSSR count). The van der Waals surface area contributed by atoms with E-state index in [0.29, 0.717) is 12.5 Å². The Morgan fingerprint density at radius 2 is 2.04 bits per heavy atom. The Labute approximate surface area is 171 Å². The molecule has 0 spiro atoms. The van der Waals surface area contributed by atoms with Crippen LogP contribution in [0.4, 0.5) is 4.79 Å². The maximum Gasteiger partial charge on any atom is 0.410 e. The Bertz CT molecular complexity index is 632. The van der Waals surface area contributed by atoms with Gasteiger partial charge in [0.2, 0.25) is 0 Å². The second kappa shape index (κ2) is 9.78. The van der Waals surface area contributed by atoms with E-state index in [1.807, 2.05) is 17.9 Å². The van der Waals surface area contributed by atoms with E-state index in [0.717, 1.165) is 51.3 Å². The second-order valence-corrected chi connectivity index (χ2v) is 8.44. The van der Waals surface area contributed by atoms with Crippen molar-refractivity contribution in [1.29, 1.82) is 0 Å². The van der Waals surface area contributed by atoms with Crippen molar-refractivity contribution in [2.24, 2.45) is 5.92 Å². The highest BCUT2D eigenvalue weighted by atomic mass is 79.9. The van der Waals surface area contributed by atoms with E-state index in [-0.39, 0.29) is 12.2 Å². The number of ether oxygens (including phenoxy) is 2. The van der Waals surface area contributed by atoms with Gasteiger partial charge in [0.1, 0.15) is 11.9 Å². The number of carbonyl (C=O) groups excluding carboxylic acids is 1. The number of cyclic esters (lactones) is 1. The van der Waals surface area contributed by atoms with Crippen LogP contribution in [0.5, 0.6) is 5.75 Å². The van der Waals surface area contributed by atoms with Gasteiger partial charge >= 0.3 is 6.09 Å². The highest BCUT2D eigenvalue weighted by molar-refractivity contribution is 9.10. The molecule has 0 aromatic heterocycles. The standard InChI is InChI=1S/C21H31BrN2O3/c1-3-9-24-15-19(27-21(24)25)14-23-10-7-16(8-11-23)12-17-13-18(26-4-2)5-6-20(17)22/h5-6,13,16,19H,3-4,7-12,14-15H2,1-2H3. The molecule has 6 heteroatoms. The van der Waals surface area contributed by atoms with E-state index >= 15 is 0 Å². The molecule has 0 bridgehead atoms. The summed E-state index contributed by atoms with van der Waals surface area (Å²) >= 11 is 3.68. The average Bonchev–Trinajstić information content (AvgIpc) is 2.99. The molecule has 2 aliphatic rings. The van der Waals surface area contributed by atoms with E-state index in [1.54, 1.807) is 0 Å². The molecule has 0 saturated carbocycles. The molecule has 27 heavy (non-hydrogen) atoms. The van der Waals surface area contributed by atoms with Gasteiger partial charge in [0.25, 0.3) is 0 Å². The van der Waals surface area contributed by atoms with Crippen molar-refractivity contribution in [1.82, 2.24) is 9.80 Å². The molecule has 0 N–H and O–H groups in total. The molecule has 1 aromatic rings. The third-order valence-electron chi connectivity index (χ3n) is 5.45. The summed E-state index contributed by atoms with van der Waals surface area (Å²) in [7, 11) is 0. The third-order valence-corrected chi connectivity index (χ3v) is 6.22. The molecule has 1 unspecified atom stereocenters. The lowest BCUT2D eigenvalue weighted by Crippen LogP contribution is -2.40. The fraction of sp³-hybridized carbons (Fsp3) is 0.667. The van der Waals surface area contributed by atoms with Gasteiger partial charge in [-0.15, -0.1) is 0 Å². The van der Waals surface area contributed by atoms with Gasteiger partial charge in [-0.05, 0) is 75.4 Å². The normalized spacial score (nSPS) is 21.5. The predicted octanol–water partition coefficient (Wildman–Crippen LogP) is 4.33. The molecular formula is C21H31BrN2O3. The van der Waals surface area contributed by atoms with Gasteiger partial charge in [0.15, 0.2) is 0 Å². The molecule has 1 atom stereocenters. The zero-order valence-electron chi connectivity index (χ0n) is 16.5. The average molecular weight is 439 g/mol. The first-order chi connectivity index (χ1) is 13.1. The van der Waals surface area contributed by atoms with Gasteiger partial charge in [-0.3, -0.25) is 4.90 Å². The zero-order valence-corrected chi connectivity index (χ0v) is 18.0. The first-order valence-electron chi connectivity index (χ1n) is 10.2. The van der Waals surface area contributed by atoms with Crippen LogP contribution in [0.15, 0.2) is 22.7 Å². The van der Waals surface area contributed by atoms with Crippen LogP contribution >= 0.6 is 15.9 Å². The fourth-order valence-corrected chi connectivity index (χ4v) is 4.47. The number of halogens is 1. The van der Waals surface area contributed by atoms with Crippen molar-refractivity contribution < 1.29 is 14.3 Å². The van der Waals surface area contributed by atoms with Crippen LogP contribution in [0.1, 0.15) is 38.7 Å². The largest absolute Gasteiger partial charge is 0.494 e. The Morgan fingerprint density at radius 1 is 1.26 bits per heavy atom. The summed E-state index contributed by atoms with van der Waals surface area (Å²) in [5, 5.41) is 0. The van der Waals surface area contributed by atoms with E-state index in [1.165, 1.54) is 22.9 Å². The summed E-state index contributed by atoms with van der Waals surface area (Å²) in [6.07, 6.45) is 4.31. The third kappa shape index (κ3) is 5.61. The molecule has 2 fully saturated rings. The molecule has 1 amide bonds. The van der Waals surface area contributed by atoms with Gasteiger partial charge in [-0.25, -0.2) is 4.79 Å². The summed E-state index contributed by atoms with van der Waals surface area (Å²) in [6, 6.07) is 6.27. The Kier molecular flexibility index (Phi) is 7.41. The number of amides is 1. The first kappa shape index (κ1) is 20.5. The van der Waals surface area contributed by atoms with Gasteiger partial charge in [0, 0.05) is 17.6 Å². The number of likely N-dealkylation sites (tertiary alicyclic amines) is 1. The SMILES string of the molecule is CCCN1CC(CN2CCC(Cc3cc(OCC)ccc3Br)CC2)OC1=O. The quantitative estimate of drug-likeness (QED) is 0.605. The van der Waals surface area contributed by atoms with Crippen LogP contribution in [-0.2, 0) is 11.2 Å². The van der Waals surface area contributed by atoms with Crippen molar-refractivity contribution in [2.75, 3.05) is 39.3 Å². The molecule has 150 valence electrons. The Hall–Kier alpha value is -1.27.